The fourth-order valence-corrected chi connectivity index (χ4v) is 4.50. The van der Waals surface area contributed by atoms with Gasteiger partial charge in [-0.05, 0) is 55.1 Å². The topological polar surface area (TPSA) is 148 Å². The van der Waals surface area contributed by atoms with Crippen LogP contribution in [0.4, 0.5) is 0 Å². The van der Waals surface area contributed by atoms with Gasteiger partial charge in [0.05, 0.1) is 10.9 Å². The molecule has 1 aliphatic rings. The zero-order valence-corrected chi connectivity index (χ0v) is 19.6. The molecule has 0 saturated carbocycles. The van der Waals surface area contributed by atoms with Crippen LogP contribution >= 0.6 is 0 Å². The van der Waals surface area contributed by atoms with Crippen LogP contribution < -0.4 is 22.0 Å². The zero-order chi connectivity index (χ0) is 23.8. The van der Waals surface area contributed by atoms with Gasteiger partial charge < -0.3 is 11.1 Å². The fraction of sp³-hybridized carbons (Fsp3) is 0.435. The normalized spacial score (nSPS) is 16.6. The molecule has 1 saturated heterocycles. The maximum atomic E-state index is 12.4. The van der Waals surface area contributed by atoms with Gasteiger partial charge in [-0.1, -0.05) is 42.5 Å². The maximum Gasteiger partial charge on any atom is 0.238 e. The second kappa shape index (κ2) is 11.7. The van der Waals surface area contributed by atoms with Gasteiger partial charge >= 0.3 is 0 Å². The van der Waals surface area contributed by atoms with E-state index in [1.54, 1.807) is 29.3 Å². The largest absolute Gasteiger partial charge is 0.354 e. The molecule has 0 spiro atoms. The van der Waals surface area contributed by atoms with Gasteiger partial charge in [0.15, 0.2) is 0 Å². The molecule has 180 valence electrons. The van der Waals surface area contributed by atoms with Gasteiger partial charge in [0.2, 0.25) is 15.9 Å². The van der Waals surface area contributed by atoms with Gasteiger partial charge in [-0.25, -0.2) is 18.6 Å². The van der Waals surface area contributed by atoms with Crippen LogP contribution in [-0.2, 0) is 27.9 Å². The number of sulfonamides is 1. The number of rotatable bonds is 10. The predicted molar refractivity (Wildman–Crippen MR) is 128 cm³/mol. The van der Waals surface area contributed by atoms with E-state index in [9.17, 15) is 13.2 Å². The minimum absolute atomic E-state index is 0.122. The first-order valence-electron chi connectivity index (χ1n) is 11.1. The van der Waals surface area contributed by atoms with E-state index in [4.69, 9.17) is 16.7 Å². The lowest BCUT2D eigenvalue weighted by Crippen LogP contribution is -2.51. The van der Waals surface area contributed by atoms with Crippen molar-refractivity contribution >= 4 is 15.9 Å². The van der Waals surface area contributed by atoms with Crippen LogP contribution in [0, 0.1) is 5.92 Å². The molecule has 2 aromatic carbocycles. The Bertz CT molecular complexity index is 993. The molecule has 0 radical (unpaired) electrons. The van der Waals surface area contributed by atoms with E-state index >= 15 is 0 Å². The van der Waals surface area contributed by atoms with Crippen molar-refractivity contribution in [2.75, 3.05) is 26.2 Å². The summed E-state index contributed by atoms with van der Waals surface area (Å²) in [6.45, 7) is 4.00. The quantitative estimate of drug-likeness (QED) is 0.287. The molecule has 2 aromatic rings. The number of nitrogens with zero attached hydrogens (tertiary/aromatic N) is 2. The number of hydrogen-bond donors (Lipinski definition) is 4. The summed E-state index contributed by atoms with van der Waals surface area (Å²) in [7, 11) is -3.67. The Kier molecular flexibility index (Phi) is 8.95. The summed E-state index contributed by atoms with van der Waals surface area (Å²) in [6, 6.07) is 15.8. The predicted octanol–water partition coefficient (Wildman–Crippen LogP) is 0.365. The molecule has 10 heteroatoms. The van der Waals surface area contributed by atoms with Gasteiger partial charge in [-0.3, -0.25) is 15.5 Å². The van der Waals surface area contributed by atoms with Crippen molar-refractivity contribution in [1.29, 1.82) is 0 Å². The smallest absolute Gasteiger partial charge is 0.238 e. The third kappa shape index (κ3) is 8.18. The summed E-state index contributed by atoms with van der Waals surface area (Å²) < 4.78 is 22.7. The number of nitrogens with one attached hydrogen (secondary N) is 1. The Balaban J connectivity index is 1.35. The first-order chi connectivity index (χ1) is 15.7. The monoisotopic (exact) mass is 474 g/mol. The molecule has 1 fully saturated rings. The summed E-state index contributed by atoms with van der Waals surface area (Å²) in [5, 5.41) is 9.68. The molecule has 1 amide bonds. The van der Waals surface area contributed by atoms with Crippen molar-refractivity contribution < 1.29 is 13.2 Å². The van der Waals surface area contributed by atoms with E-state index in [1.807, 2.05) is 30.3 Å². The van der Waals surface area contributed by atoms with E-state index in [1.165, 1.54) is 0 Å². The van der Waals surface area contributed by atoms with Gasteiger partial charge in [0, 0.05) is 26.2 Å². The van der Waals surface area contributed by atoms with Crippen LogP contribution in [0.2, 0.25) is 0 Å². The fourth-order valence-electron chi connectivity index (χ4n) is 3.99. The summed E-state index contributed by atoms with van der Waals surface area (Å²) in [4.78, 5) is 14.8. The number of carbonyl (C=O) groups excluding carboxylic acids is 1. The van der Waals surface area contributed by atoms with E-state index < -0.39 is 16.1 Å². The van der Waals surface area contributed by atoms with Crippen molar-refractivity contribution in [2.45, 2.75) is 36.9 Å². The van der Waals surface area contributed by atoms with Crippen LogP contribution in [0.5, 0.6) is 0 Å². The number of benzene rings is 2. The van der Waals surface area contributed by atoms with E-state index in [0.717, 1.165) is 43.6 Å². The summed E-state index contributed by atoms with van der Waals surface area (Å²) in [5.74, 6) is 6.24. The number of amides is 1. The van der Waals surface area contributed by atoms with Gasteiger partial charge in [0.1, 0.15) is 0 Å². The summed E-state index contributed by atoms with van der Waals surface area (Å²) in [6.07, 6.45) is 1.95. The van der Waals surface area contributed by atoms with Gasteiger partial charge in [-0.2, -0.15) is 0 Å². The molecular formula is C23H34N6O3S. The highest BCUT2D eigenvalue weighted by atomic mass is 32.2. The number of nitrogens with two attached hydrogens (primary N) is 3. The number of likely N-dealkylation sites (tertiary alicyclic amines) is 1. The minimum Gasteiger partial charge on any atom is -0.354 e. The molecule has 1 atom stereocenters. The van der Waals surface area contributed by atoms with Gasteiger partial charge in [-0.15, -0.1) is 0 Å². The van der Waals surface area contributed by atoms with E-state index in [2.05, 4.69) is 10.2 Å². The van der Waals surface area contributed by atoms with Crippen molar-refractivity contribution in [3.8, 4) is 0 Å². The Labute approximate surface area is 195 Å². The van der Waals surface area contributed by atoms with Crippen LogP contribution in [0.15, 0.2) is 59.5 Å². The highest BCUT2D eigenvalue weighted by Gasteiger charge is 2.22. The van der Waals surface area contributed by atoms with Crippen LogP contribution in [0.25, 0.3) is 0 Å². The Morgan fingerprint density at radius 1 is 1.06 bits per heavy atom. The highest BCUT2D eigenvalue weighted by Crippen LogP contribution is 2.19. The van der Waals surface area contributed by atoms with Crippen molar-refractivity contribution in [1.82, 2.24) is 15.2 Å². The molecule has 1 unspecified atom stereocenters. The third-order valence-corrected chi connectivity index (χ3v) is 6.86. The van der Waals surface area contributed by atoms with Crippen LogP contribution in [-0.4, -0.2) is 56.5 Å². The Morgan fingerprint density at radius 3 is 2.30 bits per heavy atom. The number of hydrazine groups is 1. The van der Waals surface area contributed by atoms with Crippen molar-refractivity contribution in [3.63, 3.8) is 0 Å². The molecule has 0 aromatic heterocycles. The molecule has 7 N–H and O–H groups in total. The summed E-state index contributed by atoms with van der Waals surface area (Å²) in [5.41, 5.74) is 8.16. The van der Waals surface area contributed by atoms with Crippen molar-refractivity contribution in [2.24, 2.45) is 22.6 Å². The van der Waals surface area contributed by atoms with Crippen LogP contribution in [0.3, 0.4) is 0 Å². The zero-order valence-electron chi connectivity index (χ0n) is 18.8. The number of piperidine rings is 1. The second-order valence-electron chi connectivity index (χ2n) is 8.68. The SMILES string of the molecule is NC(CN(N)Cc1ccccc1)C(=O)NCC1CCN(Cc2ccc(S(N)(=O)=O)cc2)CC1. The lowest BCUT2D eigenvalue weighted by atomic mass is 9.96. The molecule has 0 aliphatic carbocycles. The number of hydrogen-bond acceptors (Lipinski definition) is 7. The molecule has 1 heterocycles. The Morgan fingerprint density at radius 2 is 1.70 bits per heavy atom. The molecule has 9 nitrogen and oxygen atoms in total. The molecule has 0 bridgehead atoms. The van der Waals surface area contributed by atoms with Crippen LogP contribution in [0.1, 0.15) is 24.0 Å². The highest BCUT2D eigenvalue weighted by molar-refractivity contribution is 7.89. The minimum atomic E-state index is -3.67. The lowest BCUT2D eigenvalue weighted by Gasteiger charge is -2.32. The average Bonchev–Trinajstić information content (AvgIpc) is 2.78. The van der Waals surface area contributed by atoms with Crippen molar-refractivity contribution in [3.05, 3.63) is 65.7 Å². The number of primary sulfonamides is 1. The molecular weight excluding hydrogens is 440 g/mol. The summed E-state index contributed by atoms with van der Waals surface area (Å²) >= 11 is 0. The second-order valence-corrected chi connectivity index (χ2v) is 10.2. The molecule has 1 aliphatic heterocycles. The lowest BCUT2D eigenvalue weighted by molar-refractivity contribution is -0.123. The first kappa shape index (κ1) is 25.3. The Hall–Kier alpha value is -2.34. The first-order valence-corrected chi connectivity index (χ1v) is 12.7. The molecule has 33 heavy (non-hydrogen) atoms. The maximum absolute atomic E-state index is 12.4. The average molecular weight is 475 g/mol. The van der Waals surface area contributed by atoms with E-state index in [0.29, 0.717) is 19.0 Å². The molecule has 3 rings (SSSR count). The third-order valence-electron chi connectivity index (χ3n) is 5.93. The van der Waals surface area contributed by atoms with Gasteiger partial charge in [0.25, 0.3) is 0 Å². The standard InChI is InChI=1S/C23H34N6O3S/c24-22(17-29(25)16-19-4-2-1-3-5-19)23(30)27-14-18-10-12-28(13-11-18)15-20-6-8-21(9-7-20)33(26,31)32/h1-9,18,22H,10-17,24-25H2,(H,27,30)(H2,26,31,32). The number of carbonyl (C=O) groups is 1. The van der Waals surface area contributed by atoms with E-state index in [-0.39, 0.29) is 17.3 Å².